The highest BCUT2D eigenvalue weighted by Crippen LogP contribution is 2.30. The lowest BCUT2D eigenvalue weighted by molar-refractivity contribution is 0.103. The van der Waals surface area contributed by atoms with E-state index in [1.807, 2.05) is 6.92 Å². The maximum atomic E-state index is 13.2. The van der Waals surface area contributed by atoms with E-state index >= 15 is 0 Å². The van der Waals surface area contributed by atoms with Gasteiger partial charge in [-0.15, -0.1) is 0 Å². The van der Waals surface area contributed by atoms with Crippen molar-refractivity contribution < 1.29 is 9.00 Å². The van der Waals surface area contributed by atoms with Gasteiger partial charge in [-0.25, -0.2) is 4.98 Å². The van der Waals surface area contributed by atoms with E-state index < -0.39 is 10.8 Å². The Morgan fingerprint density at radius 3 is 2.67 bits per heavy atom. The molecule has 3 heterocycles. The molecule has 30 heavy (non-hydrogen) atoms. The van der Waals surface area contributed by atoms with Crippen LogP contribution < -0.4 is 16.0 Å². The molecule has 0 radical (unpaired) electrons. The molecule has 10 heteroatoms. The Labute approximate surface area is 181 Å². The van der Waals surface area contributed by atoms with E-state index in [0.29, 0.717) is 63.8 Å². The van der Waals surface area contributed by atoms with Gasteiger partial charge in [-0.2, -0.15) is 5.10 Å². The third-order valence-corrected chi connectivity index (χ3v) is 6.61. The summed E-state index contributed by atoms with van der Waals surface area (Å²) in [7, 11) is -0.796. The summed E-state index contributed by atoms with van der Waals surface area (Å²) >= 11 is 6.24. The second-order valence-corrected chi connectivity index (χ2v) is 9.07. The molecule has 1 saturated heterocycles. The molecule has 1 aliphatic rings. The molecular weight excluding hydrogens is 424 g/mol. The molecule has 0 spiro atoms. The van der Waals surface area contributed by atoms with E-state index in [9.17, 15) is 9.00 Å². The van der Waals surface area contributed by atoms with E-state index in [-0.39, 0.29) is 5.78 Å². The van der Waals surface area contributed by atoms with Crippen LogP contribution in [0.5, 0.6) is 0 Å². The maximum Gasteiger partial charge on any atom is 0.198 e. The number of benzene rings is 1. The smallest absolute Gasteiger partial charge is 0.198 e. The fourth-order valence-electron chi connectivity index (χ4n) is 3.22. The van der Waals surface area contributed by atoms with Gasteiger partial charge in [0, 0.05) is 53.2 Å². The third kappa shape index (κ3) is 4.03. The van der Waals surface area contributed by atoms with Crippen molar-refractivity contribution in [1.82, 2.24) is 15.2 Å². The number of hydrogen-bond acceptors (Lipinski definition) is 7. The van der Waals surface area contributed by atoms with Gasteiger partial charge in [-0.05, 0) is 19.1 Å². The molecule has 0 amide bonds. The number of halogens is 1. The van der Waals surface area contributed by atoms with E-state index in [1.165, 1.54) is 6.20 Å². The zero-order valence-corrected chi connectivity index (χ0v) is 17.9. The number of nitrogens with one attached hydrogen (secondary N) is 2. The number of ketones is 1. The minimum absolute atomic E-state index is 0.257. The van der Waals surface area contributed by atoms with E-state index in [2.05, 4.69) is 25.4 Å². The normalized spacial score (nSPS) is 14.7. The lowest BCUT2D eigenvalue weighted by Gasteiger charge is -2.28. The fraction of sp³-hybridized carbons (Fsp3) is 0.250. The van der Waals surface area contributed by atoms with Crippen molar-refractivity contribution in [3.05, 3.63) is 58.4 Å². The van der Waals surface area contributed by atoms with Gasteiger partial charge in [0.1, 0.15) is 5.82 Å². The number of rotatable bonds is 5. The van der Waals surface area contributed by atoms with Crippen molar-refractivity contribution in [1.29, 1.82) is 0 Å². The summed E-state index contributed by atoms with van der Waals surface area (Å²) in [6, 6.07) is 8.67. The van der Waals surface area contributed by atoms with Crippen molar-refractivity contribution in [2.24, 2.45) is 0 Å². The highest BCUT2D eigenvalue weighted by atomic mass is 35.5. The quantitative estimate of drug-likeness (QED) is 0.518. The molecule has 156 valence electrons. The first-order chi connectivity index (χ1) is 14.4. The van der Waals surface area contributed by atoms with Gasteiger partial charge < -0.3 is 16.0 Å². The van der Waals surface area contributed by atoms with Crippen LogP contribution in [-0.4, -0.2) is 49.8 Å². The number of nitrogens with zero attached hydrogens (tertiary/aromatic N) is 3. The van der Waals surface area contributed by atoms with Crippen LogP contribution in [0.25, 0.3) is 0 Å². The highest BCUT2D eigenvalue weighted by molar-refractivity contribution is 7.85. The number of H-pyrrole nitrogens is 1. The van der Waals surface area contributed by atoms with Crippen LogP contribution in [0.4, 0.5) is 23.0 Å². The summed E-state index contributed by atoms with van der Waals surface area (Å²) in [5, 5.41) is 10.5. The number of nitrogens with two attached hydrogens (primary N) is 1. The molecule has 1 fully saturated rings. The lowest BCUT2D eigenvalue weighted by Crippen LogP contribution is -2.38. The predicted molar refractivity (Wildman–Crippen MR) is 120 cm³/mol. The van der Waals surface area contributed by atoms with E-state index in [0.717, 1.165) is 5.69 Å². The Kier molecular flexibility index (Phi) is 5.74. The Balaban J connectivity index is 1.74. The van der Waals surface area contributed by atoms with E-state index in [1.54, 1.807) is 30.3 Å². The third-order valence-electron chi connectivity index (χ3n) is 5.00. The van der Waals surface area contributed by atoms with Crippen molar-refractivity contribution in [2.45, 2.75) is 6.92 Å². The molecule has 1 aliphatic heterocycles. The Bertz CT molecular complexity index is 1120. The number of pyridine rings is 1. The second kappa shape index (κ2) is 8.45. The highest BCUT2D eigenvalue weighted by Gasteiger charge is 2.22. The number of hydrogen-bond donors (Lipinski definition) is 3. The van der Waals surface area contributed by atoms with Crippen molar-refractivity contribution >= 4 is 51.2 Å². The Hall–Kier alpha value is -2.91. The topological polar surface area (TPSA) is 117 Å². The molecule has 0 saturated carbocycles. The molecule has 1 aromatic carbocycles. The lowest BCUT2D eigenvalue weighted by atomic mass is 10.0. The number of carbonyl (C=O) groups excluding carboxylic acids is 1. The van der Waals surface area contributed by atoms with Crippen LogP contribution >= 0.6 is 11.6 Å². The van der Waals surface area contributed by atoms with Crippen LogP contribution in [-0.2, 0) is 10.8 Å². The molecule has 8 nitrogen and oxygen atoms in total. The second-order valence-electron chi connectivity index (χ2n) is 6.97. The molecule has 0 atom stereocenters. The number of aryl methyl sites for hydroxylation is 1. The van der Waals surface area contributed by atoms with Gasteiger partial charge in [0.05, 0.1) is 27.7 Å². The van der Waals surface area contributed by atoms with Gasteiger partial charge in [-0.3, -0.25) is 14.1 Å². The van der Waals surface area contributed by atoms with Gasteiger partial charge in [0.25, 0.3) is 0 Å². The Morgan fingerprint density at radius 2 is 2.00 bits per heavy atom. The average Bonchev–Trinajstić information content (AvgIpc) is 3.06. The molecule has 0 bridgehead atoms. The fourth-order valence-corrected chi connectivity index (χ4v) is 4.49. The van der Waals surface area contributed by atoms with Gasteiger partial charge >= 0.3 is 0 Å². The van der Waals surface area contributed by atoms with Gasteiger partial charge in [-0.1, -0.05) is 23.7 Å². The zero-order valence-electron chi connectivity index (χ0n) is 16.3. The SMILES string of the molecule is Cc1[nH]nc(Nc2cc(N3CCS(=O)CC3)ncc2C(=O)c2ccccc2Cl)c1N. The summed E-state index contributed by atoms with van der Waals surface area (Å²) in [4.78, 5) is 19.8. The maximum absolute atomic E-state index is 13.2. The molecule has 4 N–H and O–H groups in total. The summed E-state index contributed by atoms with van der Waals surface area (Å²) in [6.07, 6.45) is 1.53. The molecule has 4 rings (SSSR count). The molecular formula is C20H21ClN6O2S. The number of nitrogen functional groups attached to an aromatic ring is 1. The number of aromatic nitrogens is 3. The van der Waals surface area contributed by atoms with Crippen LogP contribution in [0.3, 0.4) is 0 Å². The molecule has 0 aliphatic carbocycles. The first-order valence-electron chi connectivity index (χ1n) is 9.40. The van der Waals surface area contributed by atoms with Crippen molar-refractivity contribution in [3.8, 4) is 0 Å². The predicted octanol–water partition coefficient (Wildman–Crippen LogP) is 2.89. The number of carbonyl (C=O) groups is 1. The van der Waals surface area contributed by atoms with Crippen LogP contribution in [0.15, 0.2) is 36.5 Å². The van der Waals surface area contributed by atoms with E-state index in [4.69, 9.17) is 17.3 Å². The first kappa shape index (κ1) is 20.4. The largest absolute Gasteiger partial charge is 0.394 e. The zero-order chi connectivity index (χ0) is 21.3. The standard InChI is InChI=1S/C20H21ClN6O2S/c1-12-18(22)20(26-25-12)24-16-10-17(27-6-8-30(29)9-7-27)23-11-14(16)19(28)13-4-2-3-5-15(13)21/h2-5,10-11H,6-9,22H2,1H3,(H2,23,24,25,26). The minimum atomic E-state index is -0.796. The monoisotopic (exact) mass is 444 g/mol. The van der Waals surface area contributed by atoms with Crippen LogP contribution in [0, 0.1) is 6.92 Å². The summed E-state index contributed by atoms with van der Waals surface area (Å²) < 4.78 is 11.7. The summed E-state index contributed by atoms with van der Waals surface area (Å²) in [5.41, 5.74) is 8.54. The number of anilines is 4. The summed E-state index contributed by atoms with van der Waals surface area (Å²) in [6.45, 7) is 3.09. The Morgan fingerprint density at radius 1 is 1.27 bits per heavy atom. The van der Waals surface area contributed by atoms with Crippen molar-refractivity contribution in [2.75, 3.05) is 40.5 Å². The van der Waals surface area contributed by atoms with Crippen LogP contribution in [0.1, 0.15) is 21.6 Å². The average molecular weight is 445 g/mol. The first-order valence-corrected chi connectivity index (χ1v) is 11.3. The number of aromatic amines is 1. The van der Waals surface area contributed by atoms with Crippen molar-refractivity contribution in [3.63, 3.8) is 0 Å². The summed E-state index contributed by atoms with van der Waals surface area (Å²) in [5.74, 6) is 2.05. The molecule has 0 unspecified atom stereocenters. The molecule has 2 aromatic heterocycles. The van der Waals surface area contributed by atoms with Gasteiger partial charge in [0.2, 0.25) is 0 Å². The van der Waals surface area contributed by atoms with Gasteiger partial charge in [0.15, 0.2) is 11.6 Å². The van der Waals surface area contributed by atoms with Crippen LogP contribution in [0.2, 0.25) is 5.02 Å². The minimum Gasteiger partial charge on any atom is -0.394 e. The molecule has 3 aromatic rings.